The van der Waals surface area contributed by atoms with E-state index in [1.807, 2.05) is 41.8 Å². The molecule has 1 N–H and O–H groups in total. The fourth-order valence-corrected chi connectivity index (χ4v) is 2.26. The van der Waals surface area contributed by atoms with E-state index in [1.54, 1.807) is 11.3 Å². The van der Waals surface area contributed by atoms with Crippen molar-refractivity contribution in [3.63, 3.8) is 0 Å². The molecule has 1 aromatic heterocycles. The zero-order valence-corrected chi connectivity index (χ0v) is 8.87. The predicted molar refractivity (Wildman–Crippen MR) is 63.5 cm³/mol. The van der Waals surface area contributed by atoms with Crippen LogP contribution in [-0.2, 0) is 0 Å². The van der Waals surface area contributed by atoms with Crippen LogP contribution < -0.4 is 0 Å². The zero-order chi connectivity index (χ0) is 10.7. The van der Waals surface area contributed by atoms with Crippen molar-refractivity contribution in [2.45, 2.75) is 6.10 Å². The first-order valence-electron chi connectivity index (χ1n) is 4.60. The summed E-state index contributed by atoms with van der Waals surface area (Å²) < 4.78 is 0. The Hall–Kier alpha value is -1.56. The van der Waals surface area contributed by atoms with Crippen molar-refractivity contribution in [3.05, 3.63) is 47.3 Å². The number of benzene rings is 1. The van der Waals surface area contributed by atoms with Crippen molar-refractivity contribution in [2.75, 3.05) is 0 Å². The molecule has 74 valence electrons. The van der Waals surface area contributed by atoms with Gasteiger partial charge in [-0.3, -0.25) is 0 Å². The highest BCUT2D eigenvalue weighted by atomic mass is 32.1. The second-order valence-corrected chi connectivity index (χ2v) is 4.08. The van der Waals surface area contributed by atoms with Gasteiger partial charge in [0, 0.05) is 10.4 Å². The molecule has 1 heterocycles. The molecule has 0 saturated carbocycles. The maximum atomic E-state index is 9.68. The van der Waals surface area contributed by atoms with Gasteiger partial charge in [-0.05, 0) is 17.0 Å². The Morgan fingerprint density at radius 3 is 2.67 bits per heavy atom. The lowest BCUT2D eigenvalue weighted by Gasteiger charge is -2.09. The third kappa shape index (κ3) is 1.94. The molecule has 2 aromatic rings. The molecule has 2 heteroatoms. The average molecular weight is 214 g/mol. The van der Waals surface area contributed by atoms with Gasteiger partial charge in [0.15, 0.2) is 0 Å². The van der Waals surface area contributed by atoms with Crippen molar-refractivity contribution in [3.8, 4) is 22.8 Å². The van der Waals surface area contributed by atoms with Crippen molar-refractivity contribution in [1.29, 1.82) is 0 Å². The minimum atomic E-state index is -0.830. The van der Waals surface area contributed by atoms with E-state index in [1.165, 1.54) is 0 Å². The van der Waals surface area contributed by atoms with Crippen LogP contribution in [0.3, 0.4) is 0 Å². The molecule has 0 radical (unpaired) electrons. The van der Waals surface area contributed by atoms with E-state index in [-0.39, 0.29) is 0 Å². The van der Waals surface area contributed by atoms with Crippen LogP contribution in [-0.4, -0.2) is 5.11 Å². The lowest BCUT2D eigenvalue weighted by molar-refractivity contribution is 0.239. The van der Waals surface area contributed by atoms with E-state index in [9.17, 15) is 5.11 Å². The summed E-state index contributed by atoms with van der Waals surface area (Å²) in [6.07, 6.45) is 4.40. The lowest BCUT2D eigenvalue weighted by atomic mass is 10.0. The van der Waals surface area contributed by atoms with Crippen LogP contribution in [0.5, 0.6) is 0 Å². The molecule has 1 aromatic carbocycles. The molecule has 15 heavy (non-hydrogen) atoms. The topological polar surface area (TPSA) is 20.2 Å². The van der Waals surface area contributed by atoms with Crippen molar-refractivity contribution < 1.29 is 5.11 Å². The quantitative estimate of drug-likeness (QED) is 0.762. The number of aliphatic hydroxyl groups excluding tert-OH is 1. The molecule has 0 aliphatic carbocycles. The highest BCUT2D eigenvalue weighted by molar-refractivity contribution is 7.13. The standard InChI is InChI=1S/C13H10OS/c1-2-12(14)10-6-3-4-7-11(10)13-8-5-9-15-13/h1,3-9,12,14H. The highest BCUT2D eigenvalue weighted by Gasteiger charge is 2.10. The Labute approximate surface area is 93.0 Å². The molecule has 0 aliphatic rings. The molecular weight excluding hydrogens is 204 g/mol. The molecule has 0 saturated heterocycles. The molecule has 1 atom stereocenters. The molecule has 0 fully saturated rings. The van der Waals surface area contributed by atoms with E-state index < -0.39 is 6.10 Å². The molecule has 0 spiro atoms. The van der Waals surface area contributed by atoms with Crippen LogP contribution in [0.2, 0.25) is 0 Å². The monoisotopic (exact) mass is 214 g/mol. The van der Waals surface area contributed by atoms with E-state index in [4.69, 9.17) is 6.42 Å². The molecule has 0 aliphatic heterocycles. The SMILES string of the molecule is C#CC(O)c1ccccc1-c1cccs1. The van der Waals surface area contributed by atoms with Crippen LogP contribution >= 0.6 is 11.3 Å². The fourth-order valence-electron chi connectivity index (χ4n) is 1.48. The van der Waals surface area contributed by atoms with Crippen LogP contribution in [0, 0.1) is 12.3 Å². The first-order valence-corrected chi connectivity index (χ1v) is 5.48. The maximum Gasteiger partial charge on any atom is 0.140 e. The van der Waals surface area contributed by atoms with E-state index in [2.05, 4.69) is 5.92 Å². The van der Waals surface area contributed by atoms with Crippen molar-refractivity contribution >= 4 is 11.3 Å². The number of hydrogen-bond donors (Lipinski definition) is 1. The fraction of sp³-hybridized carbons (Fsp3) is 0.0769. The Kier molecular flexibility index (Phi) is 2.86. The second-order valence-electron chi connectivity index (χ2n) is 3.13. The van der Waals surface area contributed by atoms with Gasteiger partial charge in [-0.15, -0.1) is 17.8 Å². The highest BCUT2D eigenvalue weighted by Crippen LogP contribution is 2.31. The Morgan fingerprint density at radius 1 is 1.20 bits per heavy atom. The van der Waals surface area contributed by atoms with Gasteiger partial charge in [0.1, 0.15) is 6.10 Å². The number of terminal acetylenes is 1. The van der Waals surface area contributed by atoms with E-state index in [0.717, 1.165) is 16.0 Å². The van der Waals surface area contributed by atoms with Crippen LogP contribution in [0.1, 0.15) is 11.7 Å². The normalized spacial score (nSPS) is 12.0. The van der Waals surface area contributed by atoms with Crippen LogP contribution in [0.25, 0.3) is 10.4 Å². The third-order valence-electron chi connectivity index (χ3n) is 2.20. The summed E-state index contributed by atoms with van der Waals surface area (Å²) in [5.74, 6) is 2.34. The first-order chi connectivity index (χ1) is 7.33. The average Bonchev–Trinajstić information content (AvgIpc) is 2.81. The molecular formula is C13H10OS. The smallest absolute Gasteiger partial charge is 0.140 e. The zero-order valence-electron chi connectivity index (χ0n) is 8.05. The Morgan fingerprint density at radius 2 is 2.00 bits per heavy atom. The minimum Gasteiger partial charge on any atom is -0.376 e. The first kappa shape index (κ1) is 9.97. The summed E-state index contributed by atoms with van der Waals surface area (Å²) in [5, 5.41) is 11.7. The van der Waals surface area contributed by atoms with Gasteiger partial charge < -0.3 is 5.11 Å². The second kappa shape index (κ2) is 4.31. The summed E-state index contributed by atoms with van der Waals surface area (Å²) >= 11 is 1.64. The lowest BCUT2D eigenvalue weighted by Crippen LogP contribution is -1.95. The molecule has 1 nitrogen and oxygen atoms in total. The summed E-state index contributed by atoms with van der Waals surface area (Å²) in [7, 11) is 0. The van der Waals surface area contributed by atoms with Crippen LogP contribution in [0.4, 0.5) is 0 Å². The maximum absolute atomic E-state index is 9.68. The van der Waals surface area contributed by atoms with Crippen molar-refractivity contribution in [1.82, 2.24) is 0 Å². The van der Waals surface area contributed by atoms with E-state index >= 15 is 0 Å². The van der Waals surface area contributed by atoms with Gasteiger partial charge in [-0.25, -0.2) is 0 Å². The molecule has 1 unspecified atom stereocenters. The van der Waals surface area contributed by atoms with Gasteiger partial charge in [-0.1, -0.05) is 36.3 Å². The Balaban J connectivity index is 2.53. The Bertz CT molecular complexity index is 479. The van der Waals surface area contributed by atoms with Gasteiger partial charge in [0.2, 0.25) is 0 Å². The molecule has 0 bridgehead atoms. The van der Waals surface area contributed by atoms with E-state index in [0.29, 0.717) is 0 Å². The number of hydrogen-bond acceptors (Lipinski definition) is 2. The summed E-state index contributed by atoms with van der Waals surface area (Å²) in [6.45, 7) is 0. The number of rotatable bonds is 2. The third-order valence-corrected chi connectivity index (χ3v) is 3.10. The predicted octanol–water partition coefficient (Wildman–Crippen LogP) is 3.08. The number of aliphatic hydroxyl groups is 1. The summed E-state index contributed by atoms with van der Waals surface area (Å²) in [6, 6.07) is 11.7. The van der Waals surface area contributed by atoms with Gasteiger partial charge in [0.05, 0.1) is 0 Å². The van der Waals surface area contributed by atoms with Gasteiger partial charge in [0.25, 0.3) is 0 Å². The minimum absolute atomic E-state index is 0.794. The summed E-state index contributed by atoms with van der Waals surface area (Å²) in [4.78, 5) is 1.12. The van der Waals surface area contributed by atoms with Gasteiger partial charge in [-0.2, -0.15) is 0 Å². The molecule has 2 rings (SSSR count). The number of thiophene rings is 1. The van der Waals surface area contributed by atoms with Crippen molar-refractivity contribution in [2.24, 2.45) is 0 Å². The largest absolute Gasteiger partial charge is 0.376 e. The molecule has 0 amide bonds. The van der Waals surface area contributed by atoms with Crippen LogP contribution in [0.15, 0.2) is 41.8 Å². The summed E-state index contributed by atoms with van der Waals surface area (Å²) in [5.41, 5.74) is 1.81. The van der Waals surface area contributed by atoms with Gasteiger partial charge >= 0.3 is 0 Å².